The van der Waals surface area contributed by atoms with Crippen LogP contribution in [0.1, 0.15) is 37.4 Å². The zero-order valence-corrected chi connectivity index (χ0v) is 12.9. The molecule has 1 N–H and O–H groups in total. The Labute approximate surface area is 127 Å². The Balaban J connectivity index is 1.95. The van der Waals surface area contributed by atoms with Crippen LogP contribution < -0.4 is 5.32 Å². The van der Waals surface area contributed by atoms with Crippen LogP contribution in [0.2, 0.25) is 0 Å². The molecule has 1 unspecified atom stereocenters. The molecule has 0 aliphatic heterocycles. The summed E-state index contributed by atoms with van der Waals surface area (Å²) in [6.07, 6.45) is 1.80. The minimum absolute atomic E-state index is 0.112. The molecule has 0 spiro atoms. The van der Waals surface area contributed by atoms with Gasteiger partial charge in [-0.1, -0.05) is 62.4 Å². The molecule has 21 heavy (non-hydrogen) atoms. The molecule has 0 aliphatic carbocycles. The molecule has 0 aromatic heterocycles. The number of halogens is 1. The number of rotatable bonds is 7. The van der Waals surface area contributed by atoms with Gasteiger partial charge in [-0.3, -0.25) is 0 Å². The summed E-state index contributed by atoms with van der Waals surface area (Å²) in [5.41, 5.74) is 2.08. The molecule has 0 aliphatic rings. The average molecular weight is 285 g/mol. The van der Waals surface area contributed by atoms with Crippen molar-refractivity contribution in [2.24, 2.45) is 5.92 Å². The molecular weight excluding hydrogens is 261 g/mol. The minimum Gasteiger partial charge on any atom is -0.310 e. The van der Waals surface area contributed by atoms with E-state index in [9.17, 15) is 4.39 Å². The second-order valence-corrected chi connectivity index (χ2v) is 5.89. The van der Waals surface area contributed by atoms with Crippen LogP contribution >= 0.6 is 0 Å². The largest absolute Gasteiger partial charge is 0.310 e. The zero-order valence-electron chi connectivity index (χ0n) is 12.9. The fourth-order valence-electron chi connectivity index (χ4n) is 2.58. The second-order valence-electron chi connectivity index (χ2n) is 5.89. The van der Waals surface area contributed by atoms with E-state index in [-0.39, 0.29) is 5.82 Å². The molecule has 2 rings (SSSR count). The highest BCUT2D eigenvalue weighted by atomic mass is 19.1. The summed E-state index contributed by atoms with van der Waals surface area (Å²) in [6, 6.07) is 17.8. The quantitative estimate of drug-likeness (QED) is 0.774. The highest BCUT2D eigenvalue weighted by Crippen LogP contribution is 2.21. The van der Waals surface area contributed by atoms with Crippen LogP contribution in [0.5, 0.6) is 0 Å². The third-order valence-electron chi connectivity index (χ3n) is 3.65. The minimum atomic E-state index is -0.112. The molecule has 0 saturated carbocycles. The van der Waals surface area contributed by atoms with E-state index in [1.54, 1.807) is 6.07 Å². The molecule has 1 atom stereocenters. The Bertz CT molecular complexity index is 536. The number of hydrogen-bond donors (Lipinski definition) is 1. The molecule has 0 amide bonds. The van der Waals surface area contributed by atoms with Gasteiger partial charge in [0.05, 0.1) is 0 Å². The van der Waals surface area contributed by atoms with Crippen LogP contribution in [-0.4, -0.2) is 6.54 Å². The van der Waals surface area contributed by atoms with Crippen molar-refractivity contribution in [3.05, 3.63) is 71.5 Å². The van der Waals surface area contributed by atoms with Gasteiger partial charge >= 0.3 is 0 Å². The maximum absolute atomic E-state index is 13.6. The fourth-order valence-corrected chi connectivity index (χ4v) is 2.58. The highest BCUT2D eigenvalue weighted by molar-refractivity contribution is 5.20. The predicted molar refractivity (Wildman–Crippen MR) is 86.7 cm³/mol. The lowest BCUT2D eigenvalue weighted by Gasteiger charge is -2.21. The molecule has 2 heteroatoms. The van der Waals surface area contributed by atoms with E-state index >= 15 is 0 Å². The smallest absolute Gasteiger partial charge is 0.126 e. The van der Waals surface area contributed by atoms with Gasteiger partial charge in [0.25, 0.3) is 0 Å². The maximum atomic E-state index is 13.6. The van der Waals surface area contributed by atoms with Crippen LogP contribution in [0.3, 0.4) is 0 Å². The Morgan fingerprint density at radius 3 is 2.29 bits per heavy atom. The summed E-state index contributed by atoms with van der Waals surface area (Å²) in [7, 11) is 0. The summed E-state index contributed by atoms with van der Waals surface area (Å²) >= 11 is 0. The molecule has 112 valence electrons. The van der Waals surface area contributed by atoms with Crippen LogP contribution in [0.15, 0.2) is 54.6 Å². The summed E-state index contributed by atoms with van der Waals surface area (Å²) in [4.78, 5) is 0. The van der Waals surface area contributed by atoms with Crippen LogP contribution in [0.25, 0.3) is 0 Å². The van der Waals surface area contributed by atoms with Gasteiger partial charge in [-0.15, -0.1) is 0 Å². The van der Waals surface area contributed by atoms with Crippen LogP contribution in [0.4, 0.5) is 4.39 Å². The molecule has 0 saturated heterocycles. The Morgan fingerprint density at radius 2 is 1.62 bits per heavy atom. The normalized spacial score (nSPS) is 12.6. The van der Waals surface area contributed by atoms with Crippen molar-refractivity contribution in [3.8, 4) is 0 Å². The number of hydrogen-bond acceptors (Lipinski definition) is 1. The fraction of sp³-hybridized carbons (Fsp3) is 0.368. The standard InChI is InChI=1S/C19H24FN/c1-15(2)14-19(17-9-4-3-5-10-17)21-13-12-16-8-6-7-11-18(16)20/h3-11,15,19,21H,12-14H2,1-2H3. The summed E-state index contributed by atoms with van der Waals surface area (Å²) in [5.74, 6) is 0.510. The first kappa shape index (κ1) is 15.7. The van der Waals surface area contributed by atoms with Gasteiger partial charge < -0.3 is 5.32 Å². The van der Waals surface area contributed by atoms with Gasteiger partial charge in [0, 0.05) is 6.04 Å². The molecular formula is C19H24FN. The Hall–Kier alpha value is -1.67. The molecule has 2 aromatic carbocycles. The summed E-state index contributed by atoms with van der Waals surface area (Å²) < 4.78 is 13.6. The van der Waals surface area contributed by atoms with Gasteiger partial charge in [0.15, 0.2) is 0 Å². The first-order valence-corrected chi connectivity index (χ1v) is 7.68. The van der Waals surface area contributed by atoms with Crippen molar-refractivity contribution < 1.29 is 4.39 Å². The monoisotopic (exact) mass is 285 g/mol. The molecule has 2 aromatic rings. The third kappa shape index (κ3) is 4.98. The van der Waals surface area contributed by atoms with Gasteiger partial charge in [-0.25, -0.2) is 4.39 Å². The van der Waals surface area contributed by atoms with E-state index in [0.29, 0.717) is 18.4 Å². The van der Waals surface area contributed by atoms with E-state index < -0.39 is 0 Å². The molecule has 0 bridgehead atoms. The predicted octanol–water partition coefficient (Wildman–Crippen LogP) is 4.75. The maximum Gasteiger partial charge on any atom is 0.126 e. The van der Waals surface area contributed by atoms with Crippen molar-refractivity contribution in [1.29, 1.82) is 0 Å². The molecule has 0 radical (unpaired) electrons. The number of nitrogens with one attached hydrogen (secondary N) is 1. The van der Waals surface area contributed by atoms with Crippen molar-refractivity contribution in [2.75, 3.05) is 6.54 Å². The molecule has 0 heterocycles. The average Bonchev–Trinajstić information content (AvgIpc) is 2.49. The van der Waals surface area contributed by atoms with Crippen molar-refractivity contribution >= 4 is 0 Å². The van der Waals surface area contributed by atoms with Crippen molar-refractivity contribution in [2.45, 2.75) is 32.7 Å². The van der Waals surface area contributed by atoms with Gasteiger partial charge in [0.1, 0.15) is 5.82 Å². The first-order chi connectivity index (χ1) is 10.2. The van der Waals surface area contributed by atoms with E-state index in [1.807, 2.05) is 18.2 Å². The third-order valence-corrected chi connectivity index (χ3v) is 3.65. The van der Waals surface area contributed by atoms with Crippen LogP contribution in [-0.2, 0) is 6.42 Å². The number of benzene rings is 2. The Kier molecular flexibility index (Phi) is 5.94. The zero-order chi connectivity index (χ0) is 15.1. The van der Waals surface area contributed by atoms with E-state index in [1.165, 1.54) is 11.6 Å². The summed E-state index contributed by atoms with van der Waals surface area (Å²) in [6.45, 7) is 5.25. The summed E-state index contributed by atoms with van der Waals surface area (Å²) in [5, 5.41) is 3.58. The SMILES string of the molecule is CC(C)CC(NCCc1ccccc1F)c1ccccc1. The highest BCUT2D eigenvalue weighted by Gasteiger charge is 2.12. The van der Waals surface area contributed by atoms with E-state index in [0.717, 1.165) is 18.5 Å². The van der Waals surface area contributed by atoms with Gasteiger partial charge in [-0.05, 0) is 42.5 Å². The lowest BCUT2D eigenvalue weighted by molar-refractivity contribution is 0.430. The molecule has 0 fully saturated rings. The lowest BCUT2D eigenvalue weighted by atomic mass is 9.97. The van der Waals surface area contributed by atoms with E-state index in [2.05, 4.69) is 43.4 Å². The van der Waals surface area contributed by atoms with Gasteiger partial charge in [-0.2, -0.15) is 0 Å². The van der Waals surface area contributed by atoms with E-state index in [4.69, 9.17) is 0 Å². The van der Waals surface area contributed by atoms with Crippen molar-refractivity contribution in [3.63, 3.8) is 0 Å². The topological polar surface area (TPSA) is 12.0 Å². The van der Waals surface area contributed by atoms with Crippen molar-refractivity contribution in [1.82, 2.24) is 5.32 Å². The second kappa shape index (κ2) is 7.94. The van der Waals surface area contributed by atoms with Gasteiger partial charge in [0.2, 0.25) is 0 Å². The Morgan fingerprint density at radius 1 is 0.952 bits per heavy atom. The first-order valence-electron chi connectivity index (χ1n) is 7.68. The van der Waals surface area contributed by atoms with Crippen LogP contribution in [0, 0.1) is 11.7 Å². The lowest BCUT2D eigenvalue weighted by Crippen LogP contribution is -2.25. The molecule has 1 nitrogen and oxygen atoms in total.